The zero-order chi connectivity index (χ0) is 6.85. The van der Waals surface area contributed by atoms with E-state index in [4.69, 9.17) is 5.73 Å². The third-order valence-corrected chi connectivity index (χ3v) is 1.87. The molecule has 9 heavy (non-hydrogen) atoms. The SMILES string of the molecule is Nc1nc[nH]c(=O)c1I. The van der Waals surface area contributed by atoms with Crippen LogP contribution in [0.25, 0.3) is 0 Å². The van der Waals surface area contributed by atoms with Crippen molar-refractivity contribution >= 4 is 28.4 Å². The maximum Gasteiger partial charge on any atom is 0.266 e. The lowest BCUT2D eigenvalue weighted by molar-refractivity contribution is 1.11. The normalized spacial score (nSPS) is 9.44. The van der Waals surface area contributed by atoms with Crippen LogP contribution in [0.1, 0.15) is 0 Å². The molecule has 0 saturated carbocycles. The maximum absolute atomic E-state index is 10.7. The van der Waals surface area contributed by atoms with Crippen molar-refractivity contribution in [2.45, 2.75) is 0 Å². The number of halogens is 1. The quantitative estimate of drug-likeness (QED) is 0.621. The molecule has 5 heteroatoms. The van der Waals surface area contributed by atoms with Crippen molar-refractivity contribution in [1.29, 1.82) is 0 Å². The minimum Gasteiger partial charge on any atom is -0.383 e. The molecule has 0 aliphatic heterocycles. The van der Waals surface area contributed by atoms with Crippen LogP contribution in [0.15, 0.2) is 11.1 Å². The van der Waals surface area contributed by atoms with E-state index in [1.54, 1.807) is 0 Å². The van der Waals surface area contributed by atoms with Crippen molar-refractivity contribution < 1.29 is 0 Å². The molecule has 0 aliphatic carbocycles. The summed E-state index contributed by atoms with van der Waals surface area (Å²) in [5.74, 6) is 0.277. The number of nitrogens with one attached hydrogen (secondary N) is 1. The molecule has 0 aromatic carbocycles. The van der Waals surface area contributed by atoms with Crippen molar-refractivity contribution in [2.24, 2.45) is 0 Å². The average Bonchev–Trinajstić information content (AvgIpc) is 1.83. The molecule has 1 heterocycles. The smallest absolute Gasteiger partial charge is 0.266 e. The molecule has 48 valence electrons. The third-order valence-electron chi connectivity index (χ3n) is 0.824. The lowest BCUT2D eigenvalue weighted by atomic mass is 10.6. The highest BCUT2D eigenvalue weighted by atomic mass is 127. The van der Waals surface area contributed by atoms with Crippen molar-refractivity contribution in [3.05, 3.63) is 20.3 Å². The average molecular weight is 237 g/mol. The Morgan fingerprint density at radius 1 is 1.78 bits per heavy atom. The fraction of sp³-hybridized carbons (Fsp3) is 0. The Hall–Kier alpha value is -0.590. The fourth-order valence-corrected chi connectivity index (χ4v) is 0.692. The molecule has 0 saturated heterocycles. The summed E-state index contributed by atoms with van der Waals surface area (Å²) in [6, 6.07) is 0. The van der Waals surface area contributed by atoms with E-state index in [0.717, 1.165) is 0 Å². The summed E-state index contributed by atoms with van der Waals surface area (Å²) < 4.78 is 0.440. The third kappa shape index (κ3) is 1.21. The van der Waals surface area contributed by atoms with Gasteiger partial charge >= 0.3 is 0 Å². The first kappa shape index (κ1) is 6.53. The first-order valence-electron chi connectivity index (χ1n) is 2.20. The van der Waals surface area contributed by atoms with E-state index in [9.17, 15) is 4.79 Å². The Labute approximate surface area is 64.6 Å². The predicted octanol–water partition coefficient (Wildman–Crippen LogP) is -0.0433. The number of hydrogen-bond donors (Lipinski definition) is 2. The zero-order valence-electron chi connectivity index (χ0n) is 4.39. The lowest BCUT2D eigenvalue weighted by Crippen LogP contribution is -2.12. The van der Waals surface area contributed by atoms with Gasteiger partial charge in [0.05, 0.1) is 6.33 Å². The number of aromatic amines is 1. The van der Waals surface area contributed by atoms with Crippen molar-refractivity contribution in [3.63, 3.8) is 0 Å². The van der Waals surface area contributed by atoms with Gasteiger partial charge in [0.15, 0.2) is 0 Å². The molecule has 4 nitrogen and oxygen atoms in total. The summed E-state index contributed by atoms with van der Waals surface area (Å²) in [6.07, 6.45) is 1.28. The van der Waals surface area contributed by atoms with E-state index >= 15 is 0 Å². The summed E-state index contributed by atoms with van der Waals surface area (Å²) >= 11 is 1.84. The summed E-state index contributed by atoms with van der Waals surface area (Å²) in [4.78, 5) is 16.7. The molecule has 0 unspecified atom stereocenters. The molecule has 0 fully saturated rings. The zero-order valence-corrected chi connectivity index (χ0v) is 6.55. The van der Waals surface area contributed by atoms with Crippen LogP contribution < -0.4 is 11.3 Å². The van der Waals surface area contributed by atoms with Crippen molar-refractivity contribution in [3.8, 4) is 0 Å². The van der Waals surface area contributed by atoms with Gasteiger partial charge in [-0.2, -0.15) is 0 Å². The molecule has 0 bridgehead atoms. The molecule has 1 aromatic rings. The highest BCUT2D eigenvalue weighted by molar-refractivity contribution is 14.1. The Morgan fingerprint density at radius 2 is 2.44 bits per heavy atom. The molecule has 0 spiro atoms. The number of aromatic nitrogens is 2. The molecule has 0 aliphatic rings. The van der Waals surface area contributed by atoms with Gasteiger partial charge in [0.1, 0.15) is 9.39 Å². The minimum atomic E-state index is -0.192. The van der Waals surface area contributed by atoms with Gasteiger partial charge in [-0.05, 0) is 22.6 Å². The van der Waals surface area contributed by atoms with Crippen LogP contribution in [-0.4, -0.2) is 9.97 Å². The minimum absolute atomic E-state index is 0.192. The second-order valence-corrected chi connectivity index (χ2v) is 2.51. The van der Waals surface area contributed by atoms with E-state index in [-0.39, 0.29) is 11.4 Å². The van der Waals surface area contributed by atoms with Gasteiger partial charge in [-0.1, -0.05) is 0 Å². The molecular formula is C4H4IN3O. The molecule has 3 N–H and O–H groups in total. The Kier molecular flexibility index (Phi) is 1.70. The summed E-state index contributed by atoms with van der Waals surface area (Å²) in [5, 5.41) is 0. The van der Waals surface area contributed by atoms with Gasteiger partial charge < -0.3 is 10.7 Å². The molecular weight excluding hydrogens is 233 g/mol. The van der Waals surface area contributed by atoms with Crippen molar-refractivity contribution in [2.75, 3.05) is 5.73 Å². The first-order chi connectivity index (χ1) is 4.22. The number of nitrogen functional groups attached to an aromatic ring is 1. The second-order valence-electron chi connectivity index (χ2n) is 1.43. The van der Waals surface area contributed by atoms with Crippen LogP contribution in [0.4, 0.5) is 5.82 Å². The summed E-state index contributed by atoms with van der Waals surface area (Å²) in [7, 11) is 0. The van der Waals surface area contributed by atoms with Gasteiger partial charge in [-0.15, -0.1) is 0 Å². The number of anilines is 1. The number of rotatable bonds is 0. The first-order valence-corrected chi connectivity index (χ1v) is 3.28. The van der Waals surface area contributed by atoms with Gasteiger partial charge in [-0.3, -0.25) is 4.79 Å². The second kappa shape index (κ2) is 2.34. The summed E-state index contributed by atoms with van der Waals surface area (Å²) in [5.41, 5.74) is 5.09. The van der Waals surface area contributed by atoms with Crippen LogP contribution in [0.2, 0.25) is 0 Å². The highest BCUT2D eigenvalue weighted by Crippen LogP contribution is 2.01. The molecule has 0 atom stereocenters. The van der Waals surface area contributed by atoms with Gasteiger partial charge in [0.25, 0.3) is 5.56 Å². The van der Waals surface area contributed by atoms with E-state index in [2.05, 4.69) is 9.97 Å². The van der Waals surface area contributed by atoms with Crippen LogP contribution in [0.3, 0.4) is 0 Å². The van der Waals surface area contributed by atoms with Crippen LogP contribution in [0.5, 0.6) is 0 Å². The topological polar surface area (TPSA) is 71.8 Å². The fourth-order valence-electron chi connectivity index (χ4n) is 0.397. The van der Waals surface area contributed by atoms with Crippen LogP contribution >= 0.6 is 22.6 Å². The highest BCUT2D eigenvalue weighted by Gasteiger charge is 1.97. The van der Waals surface area contributed by atoms with Crippen LogP contribution in [-0.2, 0) is 0 Å². The van der Waals surface area contributed by atoms with Gasteiger partial charge in [0.2, 0.25) is 0 Å². The predicted molar refractivity (Wildman–Crippen MR) is 42.0 cm³/mol. The number of hydrogen-bond acceptors (Lipinski definition) is 3. The van der Waals surface area contributed by atoms with Crippen LogP contribution in [0, 0.1) is 3.57 Å². The van der Waals surface area contributed by atoms with E-state index in [1.165, 1.54) is 6.33 Å². The van der Waals surface area contributed by atoms with E-state index < -0.39 is 0 Å². The van der Waals surface area contributed by atoms with Crippen molar-refractivity contribution in [1.82, 2.24) is 9.97 Å². The van der Waals surface area contributed by atoms with E-state index in [0.29, 0.717) is 3.57 Å². The Balaban J connectivity index is 3.43. The number of nitrogens with two attached hydrogens (primary N) is 1. The standard InChI is InChI=1S/C4H4IN3O/c5-2-3(6)7-1-8-4(2)9/h1H,(H3,6,7,8,9). The van der Waals surface area contributed by atoms with E-state index in [1.807, 2.05) is 22.6 Å². The molecule has 1 aromatic heterocycles. The molecule has 0 radical (unpaired) electrons. The molecule has 0 amide bonds. The largest absolute Gasteiger partial charge is 0.383 e. The lowest BCUT2D eigenvalue weighted by Gasteiger charge is -1.90. The summed E-state index contributed by atoms with van der Waals surface area (Å²) in [6.45, 7) is 0. The monoisotopic (exact) mass is 237 g/mol. The maximum atomic E-state index is 10.7. The van der Waals surface area contributed by atoms with Gasteiger partial charge in [0, 0.05) is 0 Å². The molecule has 1 rings (SSSR count). The van der Waals surface area contributed by atoms with Gasteiger partial charge in [-0.25, -0.2) is 4.98 Å². The Bertz CT molecular complexity index is 269. The Morgan fingerprint density at radius 3 is 2.89 bits per heavy atom. The number of H-pyrrole nitrogens is 1. The number of nitrogens with zero attached hydrogens (tertiary/aromatic N) is 1.